The second kappa shape index (κ2) is 6.55. The van der Waals surface area contributed by atoms with Crippen molar-refractivity contribution in [3.8, 4) is 11.5 Å². The zero-order valence-corrected chi connectivity index (χ0v) is 11.3. The molecule has 2 N–H and O–H groups in total. The van der Waals surface area contributed by atoms with Crippen LogP contribution in [0, 0.1) is 0 Å². The Kier molecular flexibility index (Phi) is 4.54. The van der Waals surface area contributed by atoms with Crippen molar-refractivity contribution in [1.29, 1.82) is 0 Å². The van der Waals surface area contributed by atoms with Crippen molar-refractivity contribution in [1.82, 2.24) is 20.5 Å². The van der Waals surface area contributed by atoms with Crippen molar-refractivity contribution in [3.05, 3.63) is 35.9 Å². The number of carbonyl (C=O) groups excluding carboxylic acids is 1. The smallest absolute Gasteiger partial charge is 0.227 e. The Morgan fingerprint density at radius 1 is 1.30 bits per heavy atom. The molecule has 0 bridgehead atoms. The Morgan fingerprint density at radius 3 is 2.65 bits per heavy atom. The first-order valence-corrected chi connectivity index (χ1v) is 6.09. The van der Waals surface area contributed by atoms with Gasteiger partial charge in [-0.05, 0) is 24.3 Å². The number of ether oxygens (including phenoxy) is 2. The van der Waals surface area contributed by atoms with Gasteiger partial charge in [0.25, 0.3) is 0 Å². The third-order valence-corrected chi connectivity index (χ3v) is 2.61. The Labute approximate surface area is 116 Å². The summed E-state index contributed by atoms with van der Waals surface area (Å²) in [6.07, 6.45) is 0.148. The molecule has 0 aliphatic heterocycles. The Balaban J connectivity index is 1.88. The molecule has 0 fully saturated rings. The minimum absolute atomic E-state index is 0.133. The number of likely N-dealkylation sites (N-methyl/N-ethyl adjacent to an activating group) is 1. The molecule has 7 nitrogen and oxygen atoms in total. The van der Waals surface area contributed by atoms with E-state index in [9.17, 15) is 4.79 Å². The number of nitrogens with one attached hydrogen (secondary N) is 2. The largest absolute Gasteiger partial charge is 0.497 e. The number of hydrogen-bond acceptors (Lipinski definition) is 5. The third-order valence-electron chi connectivity index (χ3n) is 2.61. The van der Waals surface area contributed by atoms with Gasteiger partial charge in [0.1, 0.15) is 18.1 Å². The Hall–Kier alpha value is -2.57. The van der Waals surface area contributed by atoms with E-state index in [2.05, 4.69) is 20.5 Å². The highest BCUT2D eigenvalue weighted by Crippen LogP contribution is 2.17. The maximum Gasteiger partial charge on any atom is 0.227 e. The molecule has 106 valence electrons. The summed E-state index contributed by atoms with van der Waals surface area (Å²) in [6, 6.07) is 7.24. The van der Waals surface area contributed by atoms with Crippen molar-refractivity contribution in [3.63, 3.8) is 0 Å². The zero-order chi connectivity index (χ0) is 14.4. The van der Waals surface area contributed by atoms with E-state index in [0.29, 0.717) is 17.4 Å². The number of H-pyrrole nitrogens is 1. The van der Waals surface area contributed by atoms with Crippen LogP contribution in [-0.4, -0.2) is 35.2 Å². The fourth-order valence-corrected chi connectivity index (χ4v) is 1.53. The van der Waals surface area contributed by atoms with Crippen LogP contribution in [0.5, 0.6) is 11.5 Å². The van der Waals surface area contributed by atoms with E-state index in [-0.39, 0.29) is 18.9 Å². The van der Waals surface area contributed by atoms with Crippen LogP contribution in [0.1, 0.15) is 11.6 Å². The van der Waals surface area contributed by atoms with Gasteiger partial charge >= 0.3 is 0 Å². The summed E-state index contributed by atoms with van der Waals surface area (Å²) in [5, 5.41) is 9.20. The lowest BCUT2D eigenvalue weighted by atomic mass is 10.3. The van der Waals surface area contributed by atoms with E-state index in [1.165, 1.54) is 0 Å². The maximum absolute atomic E-state index is 11.2. The molecule has 20 heavy (non-hydrogen) atoms. The summed E-state index contributed by atoms with van der Waals surface area (Å²) < 4.78 is 10.6. The van der Waals surface area contributed by atoms with Crippen LogP contribution in [-0.2, 0) is 17.8 Å². The topological polar surface area (TPSA) is 89.1 Å². The van der Waals surface area contributed by atoms with E-state index >= 15 is 0 Å². The van der Waals surface area contributed by atoms with Gasteiger partial charge in [0.15, 0.2) is 11.6 Å². The van der Waals surface area contributed by atoms with Crippen molar-refractivity contribution in [2.24, 2.45) is 0 Å². The fourth-order valence-electron chi connectivity index (χ4n) is 1.53. The normalized spacial score (nSPS) is 10.1. The van der Waals surface area contributed by atoms with Crippen LogP contribution in [0.2, 0.25) is 0 Å². The van der Waals surface area contributed by atoms with E-state index in [1.807, 2.05) is 12.1 Å². The van der Waals surface area contributed by atoms with Gasteiger partial charge < -0.3 is 14.8 Å². The number of methoxy groups -OCH3 is 1. The second-order valence-corrected chi connectivity index (χ2v) is 4.01. The van der Waals surface area contributed by atoms with E-state index in [4.69, 9.17) is 9.47 Å². The van der Waals surface area contributed by atoms with Crippen molar-refractivity contribution >= 4 is 5.91 Å². The third kappa shape index (κ3) is 3.71. The molecular formula is C13H16N4O3. The predicted octanol–water partition coefficient (Wildman–Crippen LogP) is 0.681. The van der Waals surface area contributed by atoms with Crippen molar-refractivity contribution in [2.75, 3.05) is 14.2 Å². The van der Waals surface area contributed by atoms with E-state index in [1.54, 1.807) is 26.3 Å². The van der Waals surface area contributed by atoms with Crippen molar-refractivity contribution in [2.45, 2.75) is 13.0 Å². The Morgan fingerprint density at radius 2 is 2.00 bits per heavy atom. The molecule has 7 heteroatoms. The van der Waals surface area contributed by atoms with Gasteiger partial charge in [-0.3, -0.25) is 9.89 Å². The molecule has 0 saturated carbocycles. The average molecular weight is 276 g/mol. The molecule has 0 unspecified atom stereocenters. The number of aromatic amines is 1. The molecule has 0 atom stereocenters. The minimum Gasteiger partial charge on any atom is -0.497 e. The maximum atomic E-state index is 11.2. The minimum atomic E-state index is -0.133. The van der Waals surface area contributed by atoms with Gasteiger partial charge in [-0.15, -0.1) is 0 Å². The first-order valence-electron chi connectivity index (χ1n) is 6.09. The van der Waals surface area contributed by atoms with Gasteiger partial charge in [0.2, 0.25) is 5.91 Å². The number of carbonyl (C=O) groups is 1. The van der Waals surface area contributed by atoms with Crippen molar-refractivity contribution < 1.29 is 14.3 Å². The SMILES string of the molecule is CNC(=O)Cc1n[nH]c(COc2ccc(OC)cc2)n1. The van der Waals surface area contributed by atoms with Crippen LogP contribution in [0.25, 0.3) is 0 Å². The highest BCUT2D eigenvalue weighted by molar-refractivity contribution is 5.77. The molecule has 1 aromatic heterocycles. The molecule has 0 saturated heterocycles. The van der Waals surface area contributed by atoms with Crippen LogP contribution in [0.4, 0.5) is 0 Å². The van der Waals surface area contributed by atoms with E-state index < -0.39 is 0 Å². The first kappa shape index (κ1) is 13.9. The zero-order valence-electron chi connectivity index (χ0n) is 11.3. The Bertz CT molecular complexity index is 565. The van der Waals surface area contributed by atoms with Gasteiger partial charge in [0, 0.05) is 7.05 Å². The highest BCUT2D eigenvalue weighted by Gasteiger charge is 2.08. The lowest BCUT2D eigenvalue weighted by Gasteiger charge is -2.04. The predicted molar refractivity (Wildman–Crippen MR) is 71.5 cm³/mol. The van der Waals surface area contributed by atoms with Gasteiger partial charge in [-0.2, -0.15) is 5.10 Å². The summed E-state index contributed by atoms with van der Waals surface area (Å²) in [5.41, 5.74) is 0. The highest BCUT2D eigenvalue weighted by atomic mass is 16.5. The van der Waals surface area contributed by atoms with Crippen LogP contribution < -0.4 is 14.8 Å². The number of amides is 1. The molecule has 1 amide bonds. The summed E-state index contributed by atoms with van der Waals surface area (Å²) >= 11 is 0. The molecular weight excluding hydrogens is 260 g/mol. The molecule has 0 aliphatic carbocycles. The fraction of sp³-hybridized carbons (Fsp3) is 0.308. The van der Waals surface area contributed by atoms with Crippen LogP contribution in [0.3, 0.4) is 0 Å². The molecule has 2 rings (SSSR count). The molecule has 2 aromatic rings. The van der Waals surface area contributed by atoms with Gasteiger partial charge in [-0.1, -0.05) is 0 Å². The lowest BCUT2D eigenvalue weighted by Crippen LogP contribution is -2.20. The molecule has 0 aliphatic rings. The summed E-state index contributed by atoms with van der Waals surface area (Å²) in [5.74, 6) is 2.35. The van der Waals surface area contributed by atoms with Crippen LogP contribution in [0.15, 0.2) is 24.3 Å². The summed E-state index contributed by atoms with van der Waals surface area (Å²) in [7, 11) is 3.18. The molecule has 0 radical (unpaired) electrons. The van der Waals surface area contributed by atoms with E-state index in [0.717, 1.165) is 5.75 Å². The number of nitrogens with zero attached hydrogens (tertiary/aromatic N) is 2. The first-order chi connectivity index (χ1) is 9.71. The monoisotopic (exact) mass is 276 g/mol. The second-order valence-electron chi connectivity index (χ2n) is 4.01. The summed E-state index contributed by atoms with van der Waals surface area (Å²) in [6.45, 7) is 0.257. The number of rotatable bonds is 6. The van der Waals surface area contributed by atoms with Crippen LogP contribution >= 0.6 is 0 Å². The lowest BCUT2D eigenvalue weighted by molar-refractivity contribution is -0.120. The number of hydrogen-bond donors (Lipinski definition) is 2. The number of benzene rings is 1. The van der Waals surface area contributed by atoms with Gasteiger partial charge in [-0.25, -0.2) is 4.98 Å². The van der Waals surface area contributed by atoms with Gasteiger partial charge in [0.05, 0.1) is 13.5 Å². The molecule has 1 heterocycles. The number of aromatic nitrogens is 3. The molecule has 0 spiro atoms. The molecule has 1 aromatic carbocycles. The average Bonchev–Trinajstić information content (AvgIpc) is 2.93. The standard InChI is InChI=1S/C13H16N4O3/c1-14-13(18)7-11-15-12(17-16-11)8-20-10-5-3-9(19-2)4-6-10/h3-6H,7-8H2,1-2H3,(H,14,18)(H,15,16,17). The quantitative estimate of drug-likeness (QED) is 0.810. The summed E-state index contributed by atoms with van der Waals surface area (Å²) in [4.78, 5) is 15.4.